The maximum atomic E-state index is 15.7. The van der Waals surface area contributed by atoms with E-state index in [0.29, 0.717) is 39.5 Å². The molecule has 0 aliphatic carbocycles. The van der Waals surface area contributed by atoms with Crippen molar-refractivity contribution in [2.45, 2.75) is 13.0 Å². The lowest BCUT2D eigenvalue weighted by molar-refractivity contribution is 0.415. The minimum Gasteiger partial charge on any atom is -0.495 e. The molecule has 1 N–H and O–H groups in total. The van der Waals surface area contributed by atoms with Crippen molar-refractivity contribution >= 4 is 46.2 Å². The quantitative estimate of drug-likeness (QED) is 0.243. The fraction of sp³-hybridized carbons (Fsp3) is 0.0938. The number of benzene rings is 4. The molecule has 9 heteroatoms. The number of anilines is 2. The van der Waals surface area contributed by atoms with Crippen LogP contribution in [-0.4, -0.2) is 28.6 Å². The van der Waals surface area contributed by atoms with Crippen molar-refractivity contribution in [2.75, 3.05) is 17.3 Å². The average molecular weight is 563 g/mol. The number of fused-ring (bicyclic) bond motifs is 4. The Balaban J connectivity index is 1.49. The van der Waals surface area contributed by atoms with Crippen LogP contribution in [0.2, 0.25) is 5.02 Å². The van der Waals surface area contributed by atoms with Crippen LogP contribution >= 0.6 is 11.6 Å². The second kappa shape index (κ2) is 9.91. The fourth-order valence-electron chi connectivity index (χ4n) is 5.42. The number of para-hydroxylation sites is 3. The second-order valence-electron chi connectivity index (χ2n) is 9.72. The summed E-state index contributed by atoms with van der Waals surface area (Å²) in [6.07, 6.45) is 0. The molecule has 2 aliphatic rings. The molecule has 202 valence electrons. The predicted octanol–water partition coefficient (Wildman–Crippen LogP) is 7.78. The van der Waals surface area contributed by atoms with Gasteiger partial charge in [-0.05, 0) is 55.5 Å². The highest BCUT2D eigenvalue weighted by atomic mass is 35.5. The van der Waals surface area contributed by atoms with Gasteiger partial charge in [-0.1, -0.05) is 60.1 Å². The van der Waals surface area contributed by atoms with Crippen LogP contribution < -0.4 is 15.0 Å². The SMILES string of the molecule is COc1ccc(NC2=Nc3ccccc3N3C2=Nc2c(c(C)nn2-c2ccccc2)C3c2ccccc2F)cc1Cl. The van der Waals surface area contributed by atoms with Crippen LogP contribution in [0.15, 0.2) is 107 Å². The van der Waals surface area contributed by atoms with Crippen LogP contribution in [0.1, 0.15) is 22.9 Å². The van der Waals surface area contributed by atoms with Crippen molar-refractivity contribution in [3.05, 3.63) is 125 Å². The van der Waals surface area contributed by atoms with E-state index in [4.69, 9.17) is 31.4 Å². The van der Waals surface area contributed by atoms with Crippen molar-refractivity contribution in [3.8, 4) is 11.4 Å². The molecule has 0 saturated carbocycles. The summed E-state index contributed by atoms with van der Waals surface area (Å²) >= 11 is 6.45. The number of rotatable bonds is 4. The van der Waals surface area contributed by atoms with Crippen LogP contribution in [0, 0.1) is 12.7 Å². The first-order valence-electron chi connectivity index (χ1n) is 13.1. The molecule has 5 aromatic rings. The maximum absolute atomic E-state index is 15.7. The van der Waals surface area contributed by atoms with Crippen molar-refractivity contribution in [2.24, 2.45) is 9.98 Å². The molecule has 0 fully saturated rings. The molecule has 4 aromatic carbocycles. The third kappa shape index (κ3) is 4.15. The summed E-state index contributed by atoms with van der Waals surface area (Å²) in [5, 5.41) is 8.76. The fourth-order valence-corrected chi connectivity index (χ4v) is 5.68. The zero-order valence-corrected chi connectivity index (χ0v) is 23.0. The van der Waals surface area contributed by atoms with Crippen molar-refractivity contribution < 1.29 is 9.13 Å². The molecule has 1 unspecified atom stereocenters. The molecule has 1 atom stereocenters. The highest BCUT2D eigenvalue weighted by molar-refractivity contribution is 6.51. The number of aromatic nitrogens is 2. The number of methoxy groups -OCH3 is 1. The van der Waals surface area contributed by atoms with E-state index in [9.17, 15) is 0 Å². The summed E-state index contributed by atoms with van der Waals surface area (Å²) in [6, 6.07) is 29.3. The Morgan fingerprint density at radius 1 is 0.902 bits per heavy atom. The molecule has 7 nitrogen and oxygen atoms in total. The van der Waals surface area contributed by atoms with Crippen LogP contribution in [0.4, 0.5) is 27.3 Å². The molecule has 0 radical (unpaired) electrons. The number of hydrogen-bond donors (Lipinski definition) is 1. The Hall–Kier alpha value is -4.95. The smallest absolute Gasteiger partial charge is 0.179 e. The Kier molecular flexibility index (Phi) is 6.05. The number of aryl methyl sites for hydroxylation is 1. The number of ether oxygens (including phenoxy) is 1. The van der Waals surface area contributed by atoms with Gasteiger partial charge in [0, 0.05) is 16.8 Å². The van der Waals surface area contributed by atoms with E-state index in [0.717, 1.165) is 28.3 Å². The Morgan fingerprint density at radius 2 is 1.66 bits per heavy atom. The average Bonchev–Trinajstić information content (AvgIpc) is 3.33. The topological polar surface area (TPSA) is 67.0 Å². The molecule has 3 heterocycles. The maximum Gasteiger partial charge on any atom is 0.179 e. The third-order valence-corrected chi connectivity index (χ3v) is 7.55. The van der Waals surface area contributed by atoms with Gasteiger partial charge < -0.3 is 15.0 Å². The van der Waals surface area contributed by atoms with Gasteiger partial charge in [0.2, 0.25) is 0 Å². The zero-order valence-electron chi connectivity index (χ0n) is 22.2. The van der Waals surface area contributed by atoms with Gasteiger partial charge in [-0.3, -0.25) is 0 Å². The van der Waals surface area contributed by atoms with Gasteiger partial charge in [-0.2, -0.15) is 5.10 Å². The molecule has 41 heavy (non-hydrogen) atoms. The van der Waals surface area contributed by atoms with E-state index >= 15 is 4.39 Å². The van der Waals surface area contributed by atoms with Gasteiger partial charge in [0.15, 0.2) is 17.5 Å². The lowest BCUT2D eigenvalue weighted by Crippen LogP contribution is -2.46. The van der Waals surface area contributed by atoms with Crippen LogP contribution in [0.5, 0.6) is 5.75 Å². The van der Waals surface area contributed by atoms with E-state index in [1.807, 2.05) is 89.3 Å². The second-order valence-corrected chi connectivity index (χ2v) is 10.1. The van der Waals surface area contributed by atoms with E-state index in [-0.39, 0.29) is 5.82 Å². The third-order valence-electron chi connectivity index (χ3n) is 7.25. The molecule has 0 spiro atoms. The summed E-state index contributed by atoms with van der Waals surface area (Å²) in [5.74, 6) is 1.91. The van der Waals surface area contributed by atoms with Crippen molar-refractivity contribution in [3.63, 3.8) is 0 Å². The standard InChI is InChI=1S/C32H24ClFN6O/c1-19-28-29(22-12-6-7-13-24(22)34)39-26-15-9-8-14-25(26)36-30(35-20-16-17-27(41-2)23(33)18-20)32(39)37-31(28)40(38-19)21-10-4-3-5-11-21/h3-18,29H,1-2H3,(H,35,36). The van der Waals surface area contributed by atoms with Crippen LogP contribution in [0.25, 0.3) is 5.69 Å². The minimum absolute atomic E-state index is 0.312. The molecule has 0 bridgehead atoms. The molecule has 0 saturated heterocycles. The van der Waals surface area contributed by atoms with Gasteiger partial charge >= 0.3 is 0 Å². The monoisotopic (exact) mass is 562 g/mol. The summed E-state index contributed by atoms with van der Waals surface area (Å²) in [5.41, 5.74) is 5.20. The van der Waals surface area contributed by atoms with Gasteiger partial charge in [-0.25, -0.2) is 19.1 Å². The number of halogens is 2. The Labute approximate surface area is 241 Å². The molecule has 1 aromatic heterocycles. The Bertz CT molecular complexity index is 1870. The first kappa shape index (κ1) is 25.0. The van der Waals surface area contributed by atoms with E-state index in [1.165, 1.54) is 6.07 Å². The van der Waals surface area contributed by atoms with Crippen LogP contribution in [0.3, 0.4) is 0 Å². The zero-order chi connectivity index (χ0) is 28.1. The lowest BCUT2D eigenvalue weighted by Gasteiger charge is -2.40. The predicted molar refractivity (Wildman–Crippen MR) is 161 cm³/mol. The molecular weight excluding hydrogens is 539 g/mol. The summed E-state index contributed by atoms with van der Waals surface area (Å²) in [4.78, 5) is 12.2. The first-order chi connectivity index (χ1) is 20.0. The van der Waals surface area contributed by atoms with E-state index in [2.05, 4.69) is 5.32 Å². The number of amidine groups is 2. The number of nitrogens with zero attached hydrogens (tertiary/aromatic N) is 5. The molecule has 2 aliphatic heterocycles. The highest BCUT2D eigenvalue weighted by Crippen LogP contribution is 2.48. The van der Waals surface area contributed by atoms with Gasteiger partial charge in [0.1, 0.15) is 11.6 Å². The minimum atomic E-state index is -0.552. The highest BCUT2D eigenvalue weighted by Gasteiger charge is 2.42. The normalized spacial score (nSPS) is 15.3. The molecule has 7 rings (SSSR count). The Morgan fingerprint density at radius 3 is 2.44 bits per heavy atom. The largest absolute Gasteiger partial charge is 0.495 e. The number of aliphatic imine (C=N–C) groups is 2. The molecule has 0 amide bonds. The lowest BCUT2D eigenvalue weighted by atomic mass is 9.93. The van der Waals surface area contributed by atoms with Crippen molar-refractivity contribution in [1.82, 2.24) is 9.78 Å². The number of hydrogen-bond acceptors (Lipinski definition) is 6. The first-order valence-corrected chi connectivity index (χ1v) is 13.5. The summed E-state index contributed by atoms with van der Waals surface area (Å²) in [6.45, 7) is 1.94. The van der Waals surface area contributed by atoms with Crippen molar-refractivity contribution in [1.29, 1.82) is 0 Å². The van der Waals surface area contributed by atoms with Crippen LogP contribution in [-0.2, 0) is 0 Å². The van der Waals surface area contributed by atoms with Gasteiger partial charge in [0.05, 0.1) is 40.9 Å². The molecular formula is C32H24ClFN6O. The van der Waals surface area contributed by atoms with Gasteiger partial charge in [0.25, 0.3) is 0 Å². The summed E-state index contributed by atoms with van der Waals surface area (Å²) in [7, 11) is 1.57. The summed E-state index contributed by atoms with van der Waals surface area (Å²) < 4.78 is 22.8. The van der Waals surface area contributed by atoms with Gasteiger partial charge in [-0.15, -0.1) is 0 Å². The van der Waals surface area contributed by atoms with E-state index in [1.54, 1.807) is 25.3 Å². The van der Waals surface area contributed by atoms with E-state index < -0.39 is 6.04 Å². The number of nitrogens with one attached hydrogen (secondary N) is 1.